The zero-order chi connectivity index (χ0) is 26.2. The molecule has 0 aliphatic heterocycles. The van der Waals surface area contributed by atoms with Gasteiger partial charge in [-0.25, -0.2) is 0 Å². The maximum absolute atomic E-state index is 13.6. The van der Waals surface area contributed by atoms with Gasteiger partial charge in [0.25, 0.3) is 0 Å². The molecule has 0 aromatic heterocycles. The molecule has 0 saturated carbocycles. The summed E-state index contributed by atoms with van der Waals surface area (Å²) < 4.78 is 169. The van der Waals surface area contributed by atoms with Crippen LogP contribution in [0.3, 0.4) is 0 Å². The van der Waals surface area contributed by atoms with Crippen LogP contribution in [0.1, 0.15) is 64.7 Å². The summed E-state index contributed by atoms with van der Waals surface area (Å²) in [7, 11) is 1.47. The highest BCUT2D eigenvalue weighted by Gasteiger charge is 2.90. The Hall–Kier alpha value is -0.210. The highest BCUT2D eigenvalue weighted by Crippen LogP contribution is 2.60. The van der Waals surface area contributed by atoms with Gasteiger partial charge in [-0.15, -0.1) is 0 Å². The standard InChI is InChI=1S/C18H25F13S2/c1-2-3-4-5-6-7-8-9-11-32-33-12-10-13(19,20)14(21,22)15(23,24)16(25,26)17(27,28)18(29,30)31/h2-12H2,1H3. The second-order valence-corrected chi connectivity index (χ2v) is 10.1. The second-order valence-electron chi connectivity index (χ2n) is 7.37. The number of unbranched alkanes of at least 4 members (excludes halogenated alkanes) is 7. The number of halogens is 13. The van der Waals surface area contributed by atoms with Gasteiger partial charge in [0.1, 0.15) is 0 Å². The molecule has 0 N–H and O–H groups in total. The molecule has 15 heteroatoms. The van der Waals surface area contributed by atoms with E-state index in [4.69, 9.17) is 0 Å². The van der Waals surface area contributed by atoms with Crippen LogP contribution < -0.4 is 0 Å². The van der Waals surface area contributed by atoms with Gasteiger partial charge in [0.15, 0.2) is 0 Å². The maximum Gasteiger partial charge on any atom is 0.460 e. The van der Waals surface area contributed by atoms with Crippen LogP contribution in [0, 0.1) is 0 Å². The lowest BCUT2D eigenvalue weighted by Crippen LogP contribution is -2.70. The fraction of sp³-hybridized carbons (Fsp3) is 1.00. The lowest BCUT2D eigenvalue weighted by Gasteiger charge is -2.39. The summed E-state index contributed by atoms with van der Waals surface area (Å²) in [5.41, 5.74) is 0. The van der Waals surface area contributed by atoms with Gasteiger partial charge in [0, 0.05) is 17.9 Å². The summed E-state index contributed by atoms with van der Waals surface area (Å²) in [6.45, 7) is 2.07. The minimum atomic E-state index is -7.83. The molecule has 0 spiro atoms. The highest BCUT2D eigenvalue weighted by atomic mass is 33.1. The van der Waals surface area contributed by atoms with Crippen molar-refractivity contribution in [3.05, 3.63) is 0 Å². The minimum Gasteiger partial charge on any atom is -0.200 e. The van der Waals surface area contributed by atoms with Crippen molar-refractivity contribution in [1.29, 1.82) is 0 Å². The third-order valence-corrected chi connectivity index (χ3v) is 7.16. The van der Waals surface area contributed by atoms with Crippen molar-refractivity contribution >= 4 is 21.6 Å². The second kappa shape index (κ2) is 12.7. The molecule has 0 aliphatic rings. The molecule has 0 radical (unpaired) electrons. The van der Waals surface area contributed by atoms with Crippen molar-refractivity contribution in [1.82, 2.24) is 0 Å². The molecule has 0 bridgehead atoms. The Morgan fingerprint density at radius 3 is 1.30 bits per heavy atom. The lowest BCUT2D eigenvalue weighted by molar-refractivity contribution is -0.439. The molecule has 33 heavy (non-hydrogen) atoms. The molecule has 0 aliphatic carbocycles. The first-order valence-electron chi connectivity index (χ1n) is 10.0. The smallest absolute Gasteiger partial charge is 0.200 e. The SMILES string of the molecule is CCCCCCCCCCSSCCC(F)(F)C(F)(F)C(F)(F)C(F)(F)C(F)(F)C(F)(F)F. The summed E-state index contributed by atoms with van der Waals surface area (Å²) in [5.74, 6) is -36.9. The van der Waals surface area contributed by atoms with E-state index >= 15 is 0 Å². The van der Waals surface area contributed by atoms with Crippen LogP contribution in [0.2, 0.25) is 0 Å². The summed E-state index contributed by atoms with van der Waals surface area (Å²) in [6.07, 6.45) is -1.74. The van der Waals surface area contributed by atoms with Gasteiger partial charge in [0.05, 0.1) is 0 Å². The average molecular weight is 553 g/mol. The van der Waals surface area contributed by atoms with E-state index in [1.807, 2.05) is 0 Å². The Balaban J connectivity index is 4.73. The molecule has 0 fully saturated rings. The van der Waals surface area contributed by atoms with Crippen molar-refractivity contribution in [2.75, 3.05) is 11.5 Å². The van der Waals surface area contributed by atoms with Gasteiger partial charge in [0.2, 0.25) is 0 Å². The van der Waals surface area contributed by atoms with Crippen LogP contribution in [-0.4, -0.2) is 47.3 Å². The van der Waals surface area contributed by atoms with Gasteiger partial charge in [-0.1, -0.05) is 73.5 Å². The average Bonchev–Trinajstić information content (AvgIpc) is 2.67. The summed E-state index contributed by atoms with van der Waals surface area (Å²) >= 11 is 0. The number of alkyl halides is 13. The molecule has 200 valence electrons. The van der Waals surface area contributed by atoms with Gasteiger partial charge < -0.3 is 0 Å². The molecule has 0 unspecified atom stereocenters. The zero-order valence-corrected chi connectivity index (χ0v) is 19.1. The Morgan fingerprint density at radius 2 is 0.848 bits per heavy atom. The van der Waals surface area contributed by atoms with Crippen molar-refractivity contribution in [3.63, 3.8) is 0 Å². The molecular formula is C18H25F13S2. The molecule has 0 aromatic carbocycles. The molecule has 0 rings (SSSR count). The summed E-state index contributed by atoms with van der Waals surface area (Å²) in [4.78, 5) is 0. The highest BCUT2D eigenvalue weighted by molar-refractivity contribution is 8.76. The molecular weight excluding hydrogens is 527 g/mol. The topological polar surface area (TPSA) is 0 Å². The first kappa shape index (κ1) is 32.8. The quantitative estimate of drug-likeness (QED) is 0.100. The third kappa shape index (κ3) is 7.89. The van der Waals surface area contributed by atoms with E-state index in [-0.39, 0.29) is 0 Å². The molecule has 0 nitrogen and oxygen atoms in total. The molecule has 0 aromatic rings. The predicted octanol–water partition coefficient (Wildman–Crippen LogP) is 9.64. The maximum atomic E-state index is 13.6. The Kier molecular flexibility index (Phi) is 12.6. The summed E-state index contributed by atoms with van der Waals surface area (Å²) in [5, 5.41) is 0. The summed E-state index contributed by atoms with van der Waals surface area (Å²) in [6, 6.07) is 0. The van der Waals surface area contributed by atoms with Crippen molar-refractivity contribution < 1.29 is 57.1 Å². The van der Waals surface area contributed by atoms with Crippen LogP contribution in [0.4, 0.5) is 57.1 Å². The first-order chi connectivity index (χ1) is 14.8. The molecule has 0 atom stereocenters. The number of hydrogen-bond donors (Lipinski definition) is 0. The van der Waals surface area contributed by atoms with E-state index in [9.17, 15) is 57.1 Å². The Bertz CT molecular complexity index is 562. The molecule has 0 amide bonds. The van der Waals surface area contributed by atoms with Crippen LogP contribution in [0.25, 0.3) is 0 Å². The predicted molar refractivity (Wildman–Crippen MR) is 103 cm³/mol. The van der Waals surface area contributed by atoms with Gasteiger partial charge >= 0.3 is 35.8 Å². The van der Waals surface area contributed by atoms with E-state index < -0.39 is 48.0 Å². The van der Waals surface area contributed by atoms with Crippen LogP contribution in [0.15, 0.2) is 0 Å². The largest absolute Gasteiger partial charge is 0.460 e. The van der Waals surface area contributed by atoms with E-state index in [1.165, 1.54) is 0 Å². The van der Waals surface area contributed by atoms with Crippen LogP contribution in [-0.2, 0) is 0 Å². The van der Waals surface area contributed by atoms with Crippen LogP contribution in [0.5, 0.6) is 0 Å². The van der Waals surface area contributed by atoms with Crippen molar-refractivity contribution in [2.45, 2.75) is 101 Å². The minimum absolute atomic E-state index is 0.396. The van der Waals surface area contributed by atoms with Gasteiger partial charge in [-0.3, -0.25) is 0 Å². The monoisotopic (exact) mass is 552 g/mol. The van der Waals surface area contributed by atoms with E-state index in [0.29, 0.717) is 23.0 Å². The van der Waals surface area contributed by atoms with E-state index in [2.05, 4.69) is 6.92 Å². The van der Waals surface area contributed by atoms with Crippen molar-refractivity contribution in [2.24, 2.45) is 0 Å². The van der Waals surface area contributed by atoms with Gasteiger partial charge in [-0.05, 0) is 6.42 Å². The number of rotatable bonds is 17. The fourth-order valence-electron chi connectivity index (χ4n) is 2.54. The van der Waals surface area contributed by atoms with E-state index in [0.717, 1.165) is 55.7 Å². The van der Waals surface area contributed by atoms with E-state index in [1.54, 1.807) is 0 Å². The van der Waals surface area contributed by atoms with Crippen molar-refractivity contribution in [3.8, 4) is 0 Å². The molecule has 0 heterocycles. The third-order valence-electron chi connectivity index (χ3n) is 4.66. The van der Waals surface area contributed by atoms with Crippen LogP contribution >= 0.6 is 21.6 Å². The molecule has 0 saturated heterocycles. The Morgan fingerprint density at radius 1 is 0.455 bits per heavy atom. The zero-order valence-electron chi connectivity index (χ0n) is 17.5. The Labute approximate surface area is 191 Å². The van der Waals surface area contributed by atoms with Gasteiger partial charge in [-0.2, -0.15) is 57.1 Å². The first-order valence-corrected chi connectivity index (χ1v) is 12.5. The normalized spacial score (nSPS) is 14.7. The number of hydrogen-bond acceptors (Lipinski definition) is 2. The lowest BCUT2D eigenvalue weighted by atomic mass is 9.93. The fourth-order valence-corrected chi connectivity index (χ4v) is 4.75.